The summed E-state index contributed by atoms with van der Waals surface area (Å²) in [5.74, 6) is 0.908. The number of aromatic nitrogens is 1. The highest BCUT2D eigenvalue weighted by Gasteiger charge is 2.10. The highest BCUT2D eigenvalue weighted by atomic mass is 16.5. The molecule has 0 saturated heterocycles. The largest absolute Gasteiger partial charge is 0.497 e. The average Bonchev–Trinajstić information content (AvgIpc) is 2.96. The Bertz CT molecular complexity index is 530. The quantitative estimate of drug-likeness (QED) is 0.789. The molecule has 1 aromatic carbocycles. The Kier molecular flexibility index (Phi) is 5.88. The number of ether oxygens (including phenoxy) is 1. The highest BCUT2D eigenvalue weighted by Crippen LogP contribution is 2.20. The van der Waals surface area contributed by atoms with Gasteiger partial charge in [-0.15, -0.1) is 0 Å². The second kappa shape index (κ2) is 7.89. The molecule has 114 valence electrons. The van der Waals surface area contributed by atoms with E-state index in [0.29, 0.717) is 6.04 Å². The van der Waals surface area contributed by atoms with Gasteiger partial charge in [-0.3, -0.25) is 0 Å². The van der Waals surface area contributed by atoms with Crippen molar-refractivity contribution in [1.82, 2.24) is 9.88 Å². The van der Waals surface area contributed by atoms with Crippen LogP contribution in [0.4, 0.5) is 0 Å². The molecule has 2 rings (SSSR count). The van der Waals surface area contributed by atoms with Crippen molar-refractivity contribution in [3.63, 3.8) is 0 Å². The molecule has 3 nitrogen and oxygen atoms in total. The fourth-order valence-electron chi connectivity index (χ4n) is 2.63. The summed E-state index contributed by atoms with van der Waals surface area (Å²) in [6.45, 7) is 6.41. The molecule has 2 aromatic rings. The number of nitrogens with zero attached hydrogens (tertiary/aromatic N) is 1. The third-order valence-electron chi connectivity index (χ3n) is 3.84. The summed E-state index contributed by atoms with van der Waals surface area (Å²) in [5, 5.41) is 3.66. The summed E-state index contributed by atoms with van der Waals surface area (Å²) in [7, 11) is 1.70. The van der Waals surface area contributed by atoms with Crippen LogP contribution in [0.1, 0.15) is 44.0 Å². The van der Waals surface area contributed by atoms with Crippen molar-refractivity contribution in [2.24, 2.45) is 0 Å². The zero-order valence-corrected chi connectivity index (χ0v) is 13.3. The van der Waals surface area contributed by atoms with Gasteiger partial charge < -0.3 is 14.6 Å². The Labute approximate surface area is 127 Å². The predicted molar refractivity (Wildman–Crippen MR) is 87.6 cm³/mol. The Balaban J connectivity index is 1.99. The minimum absolute atomic E-state index is 0.376. The van der Waals surface area contributed by atoms with Crippen LogP contribution < -0.4 is 10.1 Å². The van der Waals surface area contributed by atoms with Crippen molar-refractivity contribution in [2.75, 3.05) is 7.11 Å². The van der Waals surface area contributed by atoms with Crippen LogP contribution >= 0.6 is 0 Å². The van der Waals surface area contributed by atoms with Crippen molar-refractivity contribution in [2.45, 2.75) is 45.8 Å². The number of hydrogen-bond acceptors (Lipinski definition) is 2. The van der Waals surface area contributed by atoms with Crippen LogP contribution in [0.25, 0.3) is 0 Å². The fraction of sp³-hybridized carbons (Fsp3) is 0.444. The van der Waals surface area contributed by atoms with Crippen LogP contribution in [-0.4, -0.2) is 11.7 Å². The number of rotatable bonds is 8. The van der Waals surface area contributed by atoms with Gasteiger partial charge in [-0.2, -0.15) is 0 Å². The fourth-order valence-corrected chi connectivity index (χ4v) is 2.63. The second-order valence-electron chi connectivity index (χ2n) is 5.31. The molecule has 0 aliphatic carbocycles. The molecule has 0 saturated carbocycles. The first-order valence-electron chi connectivity index (χ1n) is 7.79. The molecule has 21 heavy (non-hydrogen) atoms. The van der Waals surface area contributed by atoms with Gasteiger partial charge in [-0.1, -0.05) is 26.0 Å². The SMILES string of the molecule is CCCn1cccc1CNC(CC)c1ccc(OC)cc1. The third kappa shape index (κ3) is 4.11. The van der Waals surface area contributed by atoms with E-state index < -0.39 is 0 Å². The summed E-state index contributed by atoms with van der Waals surface area (Å²) in [6.07, 6.45) is 4.40. The van der Waals surface area contributed by atoms with Crippen molar-refractivity contribution >= 4 is 0 Å². The van der Waals surface area contributed by atoms with Crippen molar-refractivity contribution in [3.05, 3.63) is 53.9 Å². The minimum atomic E-state index is 0.376. The van der Waals surface area contributed by atoms with Crippen molar-refractivity contribution < 1.29 is 4.74 Å². The lowest BCUT2D eigenvalue weighted by atomic mass is 10.0. The first-order valence-corrected chi connectivity index (χ1v) is 7.79. The molecular formula is C18H26N2O. The minimum Gasteiger partial charge on any atom is -0.497 e. The van der Waals surface area contributed by atoms with Gasteiger partial charge in [0.25, 0.3) is 0 Å². The lowest BCUT2D eigenvalue weighted by molar-refractivity contribution is 0.414. The van der Waals surface area contributed by atoms with E-state index in [2.05, 4.69) is 54.2 Å². The van der Waals surface area contributed by atoms with Crippen LogP contribution in [0.15, 0.2) is 42.6 Å². The molecule has 0 aliphatic heterocycles. The first kappa shape index (κ1) is 15.6. The van der Waals surface area contributed by atoms with Gasteiger partial charge >= 0.3 is 0 Å². The highest BCUT2D eigenvalue weighted by molar-refractivity contribution is 5.29. The molecule has 1 N–H and O–H groups in total. The number of benzene rings is 1. The molecule has 1 atom stereocenters. The standard InChI is InChI=1S/C18H26N2O/c1-4-12-20-13-6-7-16(20)14-19-18(5-2)15-8-10-17(21-3)11-9-15/h6-11,13,18-19H,4-5,12,14H2,1-3H3. The van der Waals surface area contributed by atoms with E-state index >= 15 is 0 Å². The van der Waals surface area contributed by atoms with E-state index in [9.17, 15) is 0 Å². The number of aryl methyl sites for hydroxylation is 1. The Morgan fingerprint density at radius 1 is 1.14 bits per heavy atom. The summed E-state index contributed by atoms with van der Waals surface area (Å²) in [4.78, 5) is 0. The Morgan fingerprint density at radius 2 is 1.90 bits per heavy atom. The van der Waals surface area contributed by atoms with Crippen molar-refractivity contribution in [3.8, 4) is 5.75 Å². The monoisotopic (exact) mass is 286 g/mol. The second-order valence-corrected chi connectivity index (χ2v) is 5.31. The van der Waals surface area contributed by atoms with Gasteiger partial charge in [0.1, 0.15) is 5.75 Å². The van der Waals surface area contributed by atoms with E-state index in [1.807, 2.05) is 12.1 Å². The molecule has 3 heteroatoms. The molecule has 1 aromatic heterocycles. The topological polar surface area (TPSA) is 26.2 Å². The van der Waals surface area contributed by atoms with Crippen LogP contribution in [-0.2, 0) is 13.1 Å². The maximum atomic E-state index is 5.22. The van der Waals surface area contributed by atoms with E-state index in [-0.39, 0.29) is 0 Å². The van der Waals surface area contributed by atoms with Crippen LogP contribution in [0.3, 0.4) is 0 Å². The van der Waals surface area contributed by atoms with Gasteiger partial charge in [0.15, 0.2) is 0 Å². The van der Waals surface area contributed by atoms with E-state index in [0.717, 1.165) is 31.7 Å². The zero-order chi connectivity index (χ0) is 15.1. The van der Waals surface area contributed by atoms with Gasteiger partial charge in [-0.25, -0.2) is 0 Å². The smallest absolute Gasteiger partial charge is 0.118 e. The van der Waals surface area contributed by atoms with Crippen molar-refractivity contribution in [1.29, 1.82) is 0 Å². The Hall–Kier alpha value is -1.74. The third-order valence-corrected chi connectivity index (χ3v) is 3.84. The average molecular weight is 286 g/mol. The maximum Gasteiger partial charge on any atom is 0.118 e. The van der Waals surface area contributed by atoms with E-state index in [1.54, 1.807) is 7.11 Å². The molecule has 0 fully saturated rings. The number of methoxy groups -OCH3 is 1. The van der Waals surface area contributed by atoms with Crippen LogP contribution in [0, 0.1) is 0 Å². The molecule has 1 heterocycles. The van der Waals surface area contributed by atoms with Gasteiger partial charge in [0, 0.05) is 31.0 Å². The molecular weight excluding hydrogens is 260 g/mol. The first-order chi connectivity index (χ1) is 10.3. The summed E-state index contributed by atoms with van der Waals surface area (Å²) < 4.78 is 7.55. The molecule has 1 unspecified atom stereocenters. The van der Waals surface area contributed by atoms with E-state index in [4.69, 9.17) is 4.74 Å². The van der Waals surface area contributed by atoms with Gasteiger partial charge in [0.2, 0.25) is 0 Å². The maximum absolute atomic E-state index is 5.22. The van der Waals surface area contributed by atoms with Gasteiger partial charge in [0.05, 0.1) is 7.11 Å². The summed E-state index contributed by atoms with van der Waals surface area (Å²) in [6, 6.07) is 13.0. The van der Waals surface area contributed by atoms with Gasteiger partial charge in [-0.05, 0) is 42.7 Å². The molecule has 0 amide bonds. The van der Waals surface area contributed by atoms with Crippen LogP contribution in [0.5, 0.6) is 5.75 Å². The lowest BCUT2D eigenvalue weighted by Crippen LogP contribution is -2.21. The normalized spacial score (nSPS) is 12.3. The molecule has 0 aliphatic rings. The van der Waals surface area contributed by atoms with Crippen LogP contribution in [0.2, 0.25) is 0 Å². The molecule has 0 spiro atoms. The zero-order valence-electron chi connectivity index (χ0n) is 13.3. The van der Waals surface area contributed by atoms with E-state index in [1.165, 1.54) is 11.3 Å². The molecule has 0 radical (unpaired) electrons. The number of hydrogen-bond donors (Lipinski definition) is 1. The molecule has 0 bridgehead atoms. The Morgan fingerprint density at radius 3 is 2.52 bits per heavy atom. The predicted octanol–water partition coefficient (Wildman–Crippen LogP) is 4.15. The number of nitrogens with one attached hydrogen (secondary N) is 1. The summed E-state index contributed by atoms with van der Waals surface area (Å²) in [5.41, 5.74) is 2.66. The lowest BCUT2D eigenvalue weighted by Gasteiger charge is -2.18. The summed E-state index contributed by atoms with van der Waals surface area (Å²) >= 11 is 0.